The van der Waals surface area contributed by atoms with E-state index in [0.29, 0.717) is 6.54 Å². The lowest BCUT2D eigenvalue weighted by Gasteiger charge is -2.08. The van der Waals surface area contributed by atoms with Gasteiger partial charge in [0.05, 0.1) is 5.02 Å². The van der Waals surface area contributed by atoms with Gasteiger partial charge >= 0.3 is 0 Å². The van der Waals surface area contributed by atoms with Crippen LogP contribution < -0.4 is 4.72 Å². The van der Waals surface area contributed by atoms with Gasteiger partial charge in [0.1, 0.15) is 10.7 Å². The molecule has 0 radical (unpaired) electrons. The van der Waals surface area contributed by atoms with Crippen molar-refractivity contribution in [3.63, 3.8) is 0 Å². The zero-order chi connectivity index (χ0) is 14.3. The minimum absolute atomic E-state index is 0.0215. The molecule has 0 amide bonds. The SMILES string of the molecule is O=S(=O)(NCCCCCCBr)c1cc(F)ccc1Cl. The number of nitrogens with one attached hydrogen (secondary N) is 1. The normalized spacial score (nSPS) is 11.7. The maximum Gasteiger partial charge on any atom is 0.242 e. The van der Waals surface area contributed by atoms with Gasteiger partial charge in [0, 0.05) is 11.9 Å². The fraction of sp³-hybridized carbons (Fsp3) is 0.500. The molecule has 108 valence electrons. The van der Waals surface area contributed by atoms with Gasteiger partial charge in [-0.3, -0.25) is 0 Å². The maximum atomic E-state index is 13.0. The Morgan fingerprint density at radius 3 is 2.58 bits per heavy atom. The first-order valence-corrected chi connectivity index (χ1v) is 8.96. The van der Waals surface area contributed by atoms with Gasteiger partial charge in [0.2, 0.25) is 10.0 Å². The minimum Gasteiger partial charge on any atom is -0.211 e. The van der Waals surface area contributed by atoms with Crippen LogP contribution in [0.1, 0.15) is 25.7 Å². The highest BCUT2D eigenvalue weighted by Crippen LogP contribution is 2.21. The van der Waals surface area contributed by atoms with Gasteiger partial charge in [0.15, 0.2) is 0 Å². The van der Waals surface area contributed by atoms with Gasteiger partial charge in [0.25, 0.3) is 0 Å². The second-order valence-electron chi connectivity index (χ2n) is 4.08. The van der Waals surface area contributed by atoms with Crippen molar-refractivity contribution in [2.75, 3.05) is 11.9 Å². The van der Waals surface area contributed by atoms with Crippen LogP contribution in [0, 0.1) is 5.82 Å². The number of unbranched alkanes of at least 4 members (excludes halogenated alkanes) is 3. The van der Waals surface area contributed by atoms with E-state index in [1.807, 2.05) is 0 Å². The monoisotopic (exact) mass is 371 g/mol. The molecule has 3 nitrogen and oxygen atoms in total. The van der Waals surface area contributed by atoms with Gasteiger partial charge in [-0.05, 0) is 31.0 Å². The number of alkyl halides is 1. The second-order valence-corrected chi connectivity index (χ2v) is 7.01. The predicted octanol–water partition coefficient (Wildman–Crippen LogP) is 3.71. The summed E-state index contributed by atoms with van der Waals surface area (Å²) >= 11 is 9.10. The summed E-state index contributed by atoms with van der Waals surface area (Å²) in [6.07, 6.45) is 3.82. The van der Waals surface area contributed by atoms with Gasteiger partial charge < -0.3 is 0 Å². The molecular formula is C12H16BrClFNO2S. The van der Waals surface area contributed by atoms with Gasteiger partial charge in [-0.15, -0.1) is 0 Å². The van der Waals surface area contributed by atoms with Crippen LogP contribution >= 0.6 is 27.5 Å². The van der Waals surface area contributed by atoms with Crippen molar-refractivity contribution in [3.8, 4) is 0 Å². The van der Waals surface area contributed by atoms with Gasteiger partial charge in [-0.1, -0.05) is 40.4 Å². The Labute approximate surface area is 126 Å². The fourth-order valence-corrected chi connectivity index (χ4v) is 3.52. The van der Waals surface area contributed by atoms with Crippen molar-refractivity contribution in [1.82, 2.24) is 4.72 Å². The summed E-state index contributed by atoms with van der Waals surface area (Å²) < 4.78 is 39.3. The smallest absolute Gasteiger partial charge is 0.211 e. The molecule has 0 fully saturated rings. The first-order chi connectivity index (χ1) is 8.97. The Kier molecular flexibility index (Phi) is 7.28. The molecule has 0 saturated heterocycles. The van der Waals surface area contributed by atoms with Crippen LogP contribution in [0.2, 0.25) is 5.02 Å². The van der Waals surface area contributed by atoms with Crippen molar-refractivity contribution < 1.29 is 12.8 Å². The number of sulfonamides is 1. The quantitative estimate of drug-likeness (QED) is 0.558. The van der Waals surface area contributed by atoms with Gasteiger partial charge in [-0.2, -0.15) is 0 Å². The molecule has 0 atom stereocenters. The third-order valence-electron chi connectivity index (χ3n) is 2.54. The standard InChI is InChI=1S/C12H16BrClFNO2S/c13-7-3-1-2-4-8-16-19(17,18)12-9-10(15)5-6-11(12)14/h5-6,9,16H,1-4,7-8H2. The molecule has 0 aliphatic rings. The topological polar surface area (TPSA) is 46.2 Å². The molecule has 0 heterocycles. The van der Waals surface area contributed by atoms with E-state index in [9.17, 15) is 12.8 Å². The van der Waals surface area contributed by atoms with Crippen LogP contribution in [-0.2, 0) is 10.0 Å². The average molecular weight is 373 g/mol. The van der Waals surface area contributed by atoms with Crippen molar-refractivity contribution in [2.24, 2.45) is 0 Å². The van der Waals surface area contributed by atoms with E-state index in [1.54, 1.807) is 0 Å². The second kappa shape index (κ2) is 8.19. The van der Waals surface area contributed by atoms with Crippen LogP contribution in [0.15, 0.2) is 23.1 Å². The first kappa shape index (κ1) is 16.9. The largest absolute Gasteiger partial charge is 0.242 e. The Morgan fingerprint density at radius 1 is 1.21 bits per heavy atom. The molecule has 0 unspecified atom stereocenters. The summed E-state index contributed by atoms with van der Waals surface area (Å²) in [5, 5.41) is 0.977. The Morgan fingerprint density at radius 2 is 1.89 bits per heavy atom. The highest BCUT2D eigenvalue weighted by atomic mass is 79.9. The third-order valence-corrected chi connectivity index (χ3v) is 5.04. The molecule has 19 heavy (non-hydrogen) atoms. The fourth-order valence-electron chi connectivity index (χ4n) is 1.54. The molecule has 0 spiro atoms. The third kappa shape index (κ3) is 5.77. The Hall–Kier alpha value is -0.170. The Bertz CT molecular complexity index is 510. The maximum absolute atomic E-state index is 13.0. The van der Waals surface area contributed by atoms with Crippen LogP contribution in [-0.4, -0.2) is 20.3 Å². The van der Waals surface area contributed by atoms with E-state index in [2.05, 4.69) is 20.7 Å². The average Bonchev–Trinajstić information content (AvgIpc) is 2.36. The van der Waals surface area contributed by atoms with E-state index in [-0.39, 0.29) is 9.92 Å². The van der Waals surface area contributed by atoms with Crippen molar-refractivity contribution in [2.45, 2.75) is 30.6 Å². The van der Waals surface area contributed by atoms with Crippen molar-refractivity contribution in [3.05, 3.63) is 29.0 Å². The van der Waals surface area contributed by atoms with Crippen LogP contribution in [0.5, 0.6) is 0 Å². The van der Waals surface area contributed by atoms with E-state index in [4.69, 9.17) is 11.6 Å². The Balaban J connectivity index is 2.54. The van der Waals surface area contributed by atoms with Crippen LogP contribution in [0.4, 0.5) is 4.39 Å². The molecule has 0 aromatic heterocycles. The lowest BCUT2D eigenvalue weighted by atomic mass is 10.2. The van der Waals surface area contributed by atoms with E-state index >= 15 is 0 Å². The molecule has 7 heteroatoms. The summed E-state index contributed by atoms with van der Waals surface area (Å²) in [6.45, 7) is 0.331. The molecule has 1 aromatic carbocycles. The zero-order valence-electron chi connectivity index (χ0n) is 10.3. The molecule has 0 bridgehead atoms. The van der Waals surface area contributed by atoms with Crippen LogP contribution in [0.3, 0.4) is 0 Å². The van der Waals surface area contributed by atoms with E-state index in [0.717, 1.165) is 43.1 Å². The molecule has 0 aliphatic heterocycles. The lowest BCUT2D eigenvalue weighted by Crippen LogP contribution is -2.25. The molecular weight excluding hydrogens is 357 g/mol. The van der Waals surface area contributed by atoms with E-state index in [1.165, 1.54) is 6.07 Å². The number of hydrogen-bond acceptors (Lipinski definition) is 2. The van der Waals surface area contributed by atoms with E-state index < -0.39 is 15.8 Å². The molecule has 1 rings (SSSR count). The number of hydrogen-bond donors (Lipinski definition) is 1. The summed E-state index contributed by atoms with van der Waals surface area (Å²) in [5.74, 6) is -0.623. The molecule has 0 aliphatic carbocycles. The summed E-state index contributed by atoms with van der Waals surface area (Å²) in [5.41, 5.74) is 0. The highest BCUT2D eigenvalue weighted by molar-refractivity contribution is 9.09. The number of halogens is 3. The molecule has 1 aromatic rings. The summed E-state index contributed by atoms with van der Waals surface area (Å²) in [4.78, 5) is -0.213. The van der Waals surface area contributed by atoms with Crippen molar-refractivity contribution >= 4 is 37.6 Å². The number of benzene rings is 1. The zero-order valence-corrected chi connectivity index (χ0v) is 13.5. The predicted molar refractivity (Wildman–Crippen MR) is 78.9 cm³/mol. The highest BCUT2D eigenvalue weighted by Gasteiger charge is 2.17. The summed E-state index contributed by atoms with van der Waals surface area (Å²) in [7, 11) is -3.74. The lowest BCUT2D eigenvalue weighted by molar-refractivity contribution is 0.571. The number of rotatable bonds is 8. The van der Waals surface area contributed by atoms with Crippen LogP contribution in [0.25, 0.3) is 0 Å². The van der Waals surface area contributed by atoms with Crippen molar-refractivity contribution in [1.29, 1.82) is 0 Å². The first-order valence-electron chi connectivity index (χ1n) is 5.98. The summed E-state index contributed by atoms with van der Waals surface area (Å²) in [6, 6.07) is 3.29. The molecule has 1 N–H and O–H groups in total. The minimum atomic E-state index is -3.74. The van der Waals surface area contributed by atoms with Gasteiger partial charge in [-0.25, -0.2) is 17.5 Å². The molecule has 0 saturated carbocycles.